The van der Waals surface area contributed by atoms with E-state index < -0.39 is 0 Å². The monoisotopic (exact) mass is 207 g/mol. The van der Waals surface area contributed by atoms with Gasteiger partial charge >= 0.3 is 0 Å². The van der Waals surface area contributed by atoms with Crippen molar-refractivity contribution >= 4 is 5.82 Å². The van der Waals surface area contributed by atoms with Crippen LogP contribution in [0, 0.1) is 5.92 Å². The Morgan fingerprint density at radius 1 is 1.47 bits per heavy atom. The highest BCUT2D eigenvalue weighted by Gasteiger charge is 2.22. The summed E-state index contributed by atoms with van der Waals surface area (Å²) in [5.74, 6) is 2.85. The maximum atomic E-state index is 5.69. The van der Waals surface area contributed by atoms with E-state index in [0.717, 1.165) is 18.3 Å². The number of nitrogens with two attached hydrogens (primary N) is 1. The molecule has 0 radical (unpaired) electrons. The molecule has 0 amide bonds. The Hall–Kier alpha value is -1.32. The zero-order valence-electron chi connectivity index (χ0n) is 9.23. The van der Waals surface area contributed by atoms with Gasteiger partial charge in [-0.25, -0.2) is 4.98 Å². The van der Waals surface area contributed by atoms with Gasteiger partial charge in [0.1, 0.15) is 11.6 Å². The Labute approximate surface area is 89.9 Å². The lowest BCUT2D eigenvalue weighted by Gasteiger charge is -2.08. The average molecular weight is 207 g/mol. The third-order valence-corrected chi connectivity index (χ3v) is 2.42. The van der Waals surface area contributed by atoms with Crippen molar-refractivity contribution in [2.45, 2.75) is 32.6 Å². The van der Waals surface area contributed by atoms with Gasteiger partial charge in [-0.15, -0.1) is 0 Å². The lowest BCUT2D eigenvalue weighted by molar-refractivity contribution is 0.287. The fourth-order valence-electron chi connectivity index (χ4n) is 1.28. The Bertz CT molecular complexity index is 348. The predicted octanol–water partition coefficient (Wildman–Crippen LogP) is 1.97. The zero-order chi connectivity index (χ0) is 10.8. The van der Waals surface area contributed by atoms with E-state index >= 15 is 0 Å². The molecule has 1 fully saturated rings. The van der Waals surface area contributed by atoms with E-state index in [-0.39, 0.29) is 5.92 Å². The van der Waals surface area contributed by atoms with Crippen LogP contribution in [0.2, 0.25) is 0 Å². The standard InChI is InChI=1S/C11H17N3O/c1-7(2)11-13-9(12)5-10(14-11)15-6-8-3-4-8/h5,7-8H,3-4,6H2,1-2H3,(H2,12,13,14). The van der Waals surface area contributed by atoms with Crippen LogP contribution in [-0.2, 0) is 0 Å². The van der Waals surface area contributed by atoms with Crippen LogP contribution in [0.5, 0.6) is 5.88 Å². The number of aromatic nitrogens is 2. The van der Waals surface area contributed by atoms with Gasteiger partial charge in [0.05, 0.1) is 6.61 Å². The molecule has 1 aromatic heterocycles. The second-order valence-electron chi connectivity index (χ2n) is 4.40. The van der Waals surface area contributed by atoms with E-state index in [2.05, 4.69) is 9.97 Å². The Morgan fingerprint density at radius 2 is 2.20 bits per heavy atom. The molecule has 82 valence electrons. The van der Waals surface area contributed by atoms with Crippen LogP contribution in [0.1, 0.15) is 38.4 Å². The number of hydrogen-bond donors (Lipinski definition) is 1. The summed E-state index contributed by atoms with van der Waals surface area (Å²) in [6.07, 6.45) is 2.55. The molecular formula is C11H17N3O. The number of ether oxygens (including phenoxy) is 1. The Kier molecular flexibility index (Phi) is 2.75. The highest BCUT2D eigenvalue weighted by atomic mass is 16.5. The van der Waals surface area contributed by atoms with E-state index in [1.807, 2.05) is 13.8 Å². The van der Waals surface area contributed by atoms with Gasteiger partial charge in [0.25, 0.3) is 0 Å². The number of nitrogens with zero attached hydrogens (tertiary/aromatic N) is 2. The van der Waals surface area contributed by atoms with Crippen molar-refractivity contribution in [2.75, 3.05) is 12.3 Å². The number of hydrogen-bond acceptors (Lipinski definition) is 4. The smallest absolute Gasteiger partial charge is 0.218 e. The molecule has 0 atom stereocenters. The van der Waals surface area contributed by atoms with Gasteiger partial charge < -0.3 is 10.5 Å². The molecule has 2 rings (SSSR count). The minimum Gasteiger partial charge on any atom is -0.477 e. The number of nitrogen functional groups attached to an aromatic ring is 1. The molecule has 1 aliphatic rings. The molecule has 2 N–H and O–H groups in total. The molecule has 4 heteroatoms. The van der Waals surface area contributed by atoms with Crippen molar-refractivity contribution in [3.63, 3.8) is 0 Å². The summed E-state index contributed by atoms with van der Waals surface area (Å²) >= 11 is 0. The minimum absolute atomic E-state index is 0.275. The highest BCUT2D eigenvalue weighted by molar-refractivity contribution is 5.33. The van der Waals surface area contributed by atoms with E-state index in [9.17, 15) is 0 Å². The van der Waals surface area contributed by atoms with Gasteiger partial charge in [0, 0.05) is 12.0 Å². The third-order valence-electron chi connectivity index (χ3n) is 2.42. The summed E-state index contributed by atoms with van der Waals surface area (Å²) in [6.45, 7) is 4.84. The van der Waals surface area contributed by atoms with Gasteiger partial charge in [0.2, 0.25) is 5.88 Å². The normalized spacial score (nSPS) is 15.7. The summed E-state index contributed by atoms with van der Waals surface area (Å²) in [6, 6.07) is 1.69. The van der Waals surface area contributed by atoms with E-state index in [1.54, 1.807) is 6.07 Å². The first-order chi connectivity index (χ1) is 7.15. The fraction of sp³-hybridized carbons (Fsp3) is 0.636. The summed E-state index contributed by atoms with van der Waals surface area (Å²) < 4.78 is 5.57. The molecule has 0 aliphatic heterocycles. The third kappa shape index (κ3) is 2.81. The van der Waals surface area contributed by atoms with Crippen molar-refractivity contribution < 1.29 is 4.74 Å². The molecule has 1 aromatic rings. The second kappa shape index (κ2) is 4.04. The first kappa shape index (κ1) is 10.2. The minimum atomic E-state index is 0.275. The van der Waals surface area contributed by atoms with Crippen molar-refractivity contribution in [3.8, 4) is 5.88 Å². The first-order valence-electron chi connectivity index (χ1n) is 5.42. The molecular weight excluding hydrogens is 190 g/mol. The topological polar surface area (TPSA) is 61.0 Å². The highest BCUT2D eigenvalue weighted by Crippen LogP contribution is 2.29. The van der Waals surface area contributed by atoms with Crippen LogP contribution in [-0.4, -0.2) is 16.6 Å². The lowest BCUT2D eigenvalue weighted by atomic mass is 10.2. The first-order valence-corrected chi connectivity index (χ1v) is 5.42. The maximum absolute atomic E-state index is 5.69. The van der Waals surface area contributed by atoms with Gasteiger partial charge in [-0.05, 0) is 18.8 Å². The van der Waals surface area contributed by atoms with E-state index in [1.165, 1.54) is 12.8 Å². The molecule has 4 nitrogen and oxygen atoms in total. The molecule has 0 unspecified atom stereocenters. The van der Waals surface area contributed by atoms with Gasteiger partial charge in [-0.2, -0.15) is 4.98 Å². The van der Waals surface area contributed by atoms with Gasteiger partial charge in [0.15, 0.2) is 0 Å². The summed E-state index contributed by atoms with van der Waals surface area (Å²) in [5.41, 5.74) is 5.69. The average Bonchev–Trinajstić information content (AvgIpc) is 2.97. The van der Waals surface area contributed by atoms with Crippen molar-refractivity contribution in [1.82, 2.24) is 9.97 Å². The van der Waals surface area contributed by atoms with Crippen molar-refractivity contribution in [3.05, 3.63) is 11.9 Å². The van der Waals surface area contributed by atoms with Crippen LogP contribution in [0.4, 0.5) is 5.82 Å². The molecule has 1 saturated carbocycles. The molecule has 0 saturated heterocycles. The molecule has 0 bridgehead atoms. The van der Waals surface area contributed by atoms with Crippen LogP contribution >= 0.6 is 0 Å². The number of anilines is 1. The quantitative estimate of drug-likeness (QED) is 0.820. The predicted molar refractivity (Wildman–Crippen MR) is 58.8 cm³/mol. The van der Waals surface area contributed by atoms with Crippen LogP contribution in [0.15, 0.2) is 6.07 Å². The van der Waals surface area contributed by atoms with Crippen LogP contribution in [0.3, 0.4) is 0 Å². The van der Waals surface area contributed by atoms with Crippen molar-refractivity contribution in [2.24, 2.45) is 5.92 Å². The summed E-state index contributed by atoms with van der Waals surface area (Å²) in [4.78, 5) is 8.48. The largest absolute Gasteiger partial charge is 0.477 e. The molecule has 1 aliphatic carbocycles. The molecule has 15 heavy (non-hydrogen) atoms. The Morgan fingerprint density at radius 3 is 2.80 bits per heavy atom. The van der Waals surface area contributed by atoms with Gasteiger partial charge in [-0.1, -0.05) is 13.8 Å². The molecule has 0 spiro atoms. The second-order valence-corrected chi connectivity index (χ2v) is 4.40. The van der Waals surface area contributed by atoms with Gasteiger partial charge in [-0.3, -0.25) is 0 Å². The molecule has 0 aromatic carbocycles. The fourth-order valence-corrected chi connectivity index (χ4v) is 1.28. The maximum Gasteiger partial charge on any atom is 0.218 e. The van der Waals surface area contributed by atoms with E-state index in [4.69, 9.17) is 10.5 Å². The zero-order valence-corrected chi connectivity index (χ0v) is 9.23. The van der Waals surface area contributed by atoms with Crippen molar-refractivity contribution in [1.29, 1.82) is 0 Å². The summed E-state index contributed by atoms with van der Waals surface area (Å²) in [7, 11) is 0. The van der Waals surface area contributed by atoms with Crippen LogP contribution < -0.4 is 10.5 Å². The number of rotatable bonds is 4. The lowest BCUT2D eigenvalue weighted by Crippen LogP contribution is -2.06. The Balaban J connectivity index is 2.07. The SMILES string of the molecule is CC(C)c1nc(N)cc(OCC2CC2)n1. The van der Waals surface area contributed by atoms with E-state index in [0.29, 0.717) is 11.7 Å². The summed E-state index contributed by atoms with van der Waals surface area (Å²) in [5, 5.41) is 0. The molecule has 1 heterocycles. The van der Waals surface area contributed by atoms with Crippen LogP contribution in [0.25, 0.3) is 0 Å².